The van der Waals surface area contributed by atoms with Gasteiger partial charge in [-0.3, -0.25) is 9.48 Å². The zero-order valence-electron chi connectivity index (χ0n) is 15.7. The van der Waals surface area contributed by atoms with Crippen LogP contribution in [0, 0.1) is 20.8 Å². The first kappa shape index (κ1) is 18.6. The second kappa shape index (κ2) is 6.87. The van der Waals surface area contributed by atoms with E-state index in [1.807, 2.05) is 49.7 Å². The number of rotatable bonds is 4. The van der Waals surface area contributed by atoms with Crippen molar-refractivity contribution in [3.8, 4) is 0 Å². The molecule has 1 aromatic carbocycles. The van der Waals surface area contributed by atoms with Crippen LogP contribution in [0.25, 0.3) is 0 Å². The normalized spacial score (nSPS) is 18.8. The van der Waals surface area contributed by atoms with Crippen LogP contribution < -0.4 is 0 Å². The fourth-order valence-electron chi connectivity index (χ4n) is 3.56. The van der Waals surface area contributed by atoms with Crippen LogP contribution in [0.15, 0.2) is 24.3 Å². The van der Waals surface area contributed by atoms with E-state index in [-0.39, 0.29) is 23.5 Å². The number of nitrogens with zero attached hydrogens (tertiary/aromatic N) is 3. The highest BCUT2D eigenvalue weighted by Gasteiger charge is 2.31. The number of hydrogen-bond donors (Lipinski definition) is 0. The quantitative estimate of drug-likeness (QED) is 0.823. The Kier molecular flexibility index (Phi) is 4.92. The molecule has 3 rings (SSSR count). The molecule has 1 saturated heterocycles. The summed E-state index contributed by atoms with van der Waals surface area (Å²) in [6.07, 6.45) is 0.599. The summed E-state index contributed by atoms with van der Waals surface area (Å²) in [7, 11) is -1.19. The highest BCUT2D eigenvalue weighted by molar-refractivity contribution is 7.91. The van der Waals surface area contributed by atoms with Gasteiger partial charge in [0.05, 0.1) is 23.2 Å². The van der Waals surface area contributed by atoms with E-state index in [1.54, 1.807) is 11.9 Å². The molecular formula is C19H25N3O3S. The third-order valence-electron chi connectivity index (χ3n) is 5.04. The van der Waals surface area contributed by atoms with Crippen molar-refractivity contribution >= 4 is 15.7 Å². The molecule has 1 aliphatic rings. The second-order valence-corrected chi connectivity index (χ2v) is 9.41. The fraction of sp³-hybridized carbons (Fsp3) is 0.474. The molecule has 26 heavy (non-hydrogen) atoms. The Morgan fingerprint density at radius 3 is 2.65 bits per heavy atom. The molecule has 140 valence electrons. The molecule has 0 bridgehead atoms. The molecule has 7 heteroatoms. The summed E-state index contributed by atoms with van der Waals surface area (Å²) in [5, 5.41) is 4.57. The Morgan fingerprint density at radius 2 is 2.04 bits per heavy atom. The van der Waals surface area contributed by atoms with Crippen LogP contribution in [0.5, 0.6) is 0 Å². The summed E-state index contributed by atoms with van der Waals surface area (Å²) in [4.78, 5) is 14.4. The number of amides is 1. The van der Waals surface area contributed by atoms with Gasteiger partial charge >= 0.3 is 0 Å². The lowest BCUT2D eigenvalue weighted by Gasteiger charge is -2.18. The molecule has 0 N–H and O–H groups in total. The Morgan fingerprint density at radius 1 is 1.31 bits per heavy atom. The van der Waals surface area contributed by atoms with Gasteiger partial charge in [0.15, 0.2) is 9.84 Å². The number of hydrogen-bond acceptors (Lipinski definition) is 4. The van der Waals surface area contributed by atoms with Crippen molar-refractivity contribution in [3.05, 3.63) is 52.3 Å². The van der Waals surface area contributed by atoms with Crippen LogP contribution >= 0.6 is 0 Å². The summed E-state index contributed by atoms with van der Waals surface area (Å²) < 4.78 is 25.4. The van der Waals surface area contributed by atoms with E-state index in [4.69, 9.17) is 0 Å². The SMILES string of the molecule is Cc1cccc(C(=O)N(C)Cc2c(C)nn([C@@H]3CCS(=O)(=O)C3)c2C)c1. The van der Waals surface area contributed by atoms with Gasteiger partial charge in [0.2, 0.25) is 0 Å². The summed E-state index contributed by atoms with van der Waals surface area (Å²) in [6, 6.07) is 7.44. The first-order valence-electron chi connectivity index (χ1n) is 8.75. The van der Waals surface area contributed by atoms with Gasteiger partial charge < -0.3 is 4.90 Å². The van der Waals surface area contributed by atoms with E-state index in [0.29, 0.717) is 18.5 Å². The van der Waals surface area contributed by atoms with Crippen LogP contribution in [-0.4, -0.2) is 47.6 Å². The van der Waals surface area contributed by atoms with E-state index in [0.717, 1.165) is 22.5 Å². The Hall–Kier alpha value is -2.15. The largest absolute Gasteiger partial charge is 0.337 e. The Bertz CT molecular complexity index is 947. The molecule has 1 amide bonds. The van der Waals surface area contributed by atoms with Gasteiger partial charge in [0.25, 0.3) is 5.91 Å². The van der Waals surface area contributed by atoms with Crippen LogP contribution in [-0.2, 0) is 16.4 Å². The van der Waals surface area contributed by atoms with Crippen molar-refractivity contribution in [2.75, 3.05) is 18.6 Å². The highest BCUT2D eigenvalue weighted by atomic mass is 32.2. The molecule has 0 aliphatic carbocycles. The standard InChI is InChI=1S/C19H25N3O3S/c1-13-6-5-7-16(10-13)19(23)21(4)11-18-14(2)20-22(15(18)3)17-8-9-26(24,25)12-17/h5-7,10,17H,8-9,11-12H2,1-4H3/t17-/m1/s1. The van der Waals surface area contributed by atoms with E-state index >= 15 is 0 Å². The van der Waals surface area contributed by atoms with Crippen molar-refractivity contribution in [2.24, 2.45) is 0 Å². The molecule has 1 atom stereocenters. The Labute approximate surface area is 154 Å². The molecule has 0 radical (unpaired) electrons. The number of aryl methyl sites for hydroxylation is 2. The smallest absolute Gasteiger partial charge is 0.253 e. The Balaban J connectivity index is 1.81. The minimum atomic E-state index is -2.97. The minimum Gasteiger partial charge on any atom is -0.337 e. The number of aromatic nitrogens is 2. The van der Waals surface area contributed by atoms with Crippen LogP contribution in [0.3, 0.4) is 0 Å². The molecule has 0 saturated carbocycles. The average molecular weight is 375 g/mol. The molecule has 1 aliphatic heterocycles. The van der Waals surface area contributed by atoms with Gasteiger partial charge in [0.1, 0.15) is 0 Å². The molecule has 2 heterocycles. The van der Waals surface area contributed by atoms with Gasteiger partial charge in [-0.05, 0) is 39.3 Å². The average Bonchev–Trinajstić information content (AvgIpc) is 3.07. The number of carbonyl (C=O) groups excluding carboxylic acids is 1. The van der Waals surface area contributed by atoms with Crippen LogP contribution in [0.4, 0.5) is 0 Å². The van der Waals surface area contributed by atoms with Gasteiger partial charge in [-0.25, -0.2) is 8.42 Å². The lowest BCUT2D eigenvalue weighted by atomic mass is 10.1. The maximum absolute atomic E-state index is 12.7. The van der Waals surface area contributed by atoms with Gasteiger partial charge in [-0.1, -0.05) is 17.7 Å². The van der Waals surface area contributed by atoms with E-state index < -0.39 is 9.84 Å². The lowest BCUT2D eigenvalue weighted by molar-refractivity contribution is 0.0784. The monoisotopic (exact) mass is 375 g/mol. The van der Waals surface area contributed by atoms with Crippen molar-refractivity contribution in [1.29, 1.82) is 0 Å². The second-order valence-electron chi connectivity index (χ2n) is 7.18. The molecule has 2 aromatic rings. The van der Waals surface area contributed by atoms with Crippen molar-refractivity contribution in [3.63, 3.8) is 0 Å². The zero-order chi connectivity index (χ0) is 19.1. The number of sulfone groups is 1. The highest BCUT2D eigenvalue weighted by Crippen LogP contribution is 2.27. The van der Waals surface area contributed by atoms with Crippen LogP contribution in [0.1, 0.15) is 45.3 Å². The third-order valence-corrected chi connectivity index (χ3v) is 6.79. The zero-order valence-corrected chi connectivity index (χ0v) is 16.5. The van der Waals surface area contributed by atoms with E-state index in [1.165, 1.54) is 0 Å². The maximum atomic E-state index is 12.7. The molecule has 0 spiro atoms. The van der Waals surface area contributed by atoms with Crippen LogP contribution in [0.2, 0.25) is 0 Å². The number of benzene rings is 1. The first-order valence-corrected chi connectivity index (χ1v) is 10.6. The fourth-order valence-corrected chi connectivity index (χ4v) is 5.25. The molecular weight excluding hydrogens is 350 g/mol. The minimum absolute atomic E-state index is 0.0382. The molecule has 0 unspecified atom stereocenters. The van der Waals surface area contributed by atoms with Crippen molar-refractivity contribution in [1.82, 2.24) is 14.7 Å². The third kappa shape index (κ3) is 3.67. The van der Waals surface area contributed by atoms with Gasteiger partial charge in [0, 0.05) is 30.4 Å². The van der Waals surface area contributed by atoms with Gasteiger partial charge in [-0.15, -0.1) is 0 Å². The summed E-state index contributed by atoms with van der Waals surface area (Å²) >= 11 is 0. The maximum Gasteiger partial charge on any atom is 0.253 e. The van der Waals surface area contributed by atoms with E-state index in [9.17, 15) is 13.2 Å². The van der Waals surface area contributed by atoms with Crippen molar-refractivity contribution < 1.29 is 13.2 Å². The summed E-state index contributed by atoms with van der Waals surface area (Å²) in [5.74, 6) is 0.326. The summed E-state index contributed by atoms with van der Waals surface area (Å²) in [6.45, 7) is 6.27. The predicted molar refractivity (Wildman–Crippen MR) is 101 cm³/mol. The summed E-state index contributed by atoms with van der Waals surface area (Å²) in [5.41, 5.74) is 4.48. The molecule has 1 fully saturated rings. The number of carbonyl (C=O) groups is 1. The molecule has 6 nitrogen and oxygen atoms in total. The predicted octanol–water partition coefficient (Wildman–Crippen LogP) is 2.44. The topological polar surface area (TPSA) is 72.3 Å². The lowest BCUT2D eigenvalue weighted by Crippen LogP contribution is -2.26. The molecule has 1 aromatic heterocycles. The van der Waals surface area contributed by atoms with E-state index in [2.05, 4.69) is 5.10 Å². The van der Waals surface area contributed by atoms with Gasteiger partial charge in [-0.2, -0.15) is 5.10 Å². The van der Waals surface area contributed by atoms with Crippen molar-refractivity contribution in [2.45, 2.75) is 39.8 Å². The first-order chi connectivity index (χ1) is 12.2.